The van der Waals surface area contributed by atoms with Gasteiger partial charge < -0.3 is 10.4 Å². The molecule has 0 saturated carbocycles. The number of nitrogens with one attached hydrogen (secondary N) is 1. The molecule has 0 aliphatic rings. The summed E-state index contributed by atoms with van der Waals surface area (Å²) in [5, 5.41) is 33.0. The van der Waals surface area contributed by atoms with E-state index in [1.807, 2.05) is 0 Å². The summed E-state index contributed by atoms with van der Waals surface area (Å²) in [4.78, 5) is 43.6. The Morgan fingerprint density at radius 3 is 2.21 bits per heavy atom. The molecule has 1 amide bonds. The van der Waals surface area contributed by atoms with Gasteiger partial charge in [0.2, 0.25) is 0 Å². The molecule has 0 saturated heterocycles. The molecule has 0 heterocycles. The fourth-order valence-electron chi connectivity index (χ4n) is 1.95. The quantitative estimate of drug-likeness (QED) is 0.630. The molecule has 0 radical (unpaired) electrons. The van der Waals surface area contributed by atoms with Crippen LogP contribution in [0.5, 0.6) is 0 Å². The molecule has 2 N–H and O–H groups in total. The van der Waals surface area contributed by atoms with E-state index in [9.17, 15) is 29.8 Å². The highest BCUT2D eigenvalue weighted by atomic mass is 16.6. The van der Waals surface area contributed by atoms with Crippen molar-refractivity contribution >= 4 is 28.9 Å². The Kier molecular flexibility index (Phi) is 4.50. The van der Waals surface area contributed by atoms with E-state index in [-0.39, 0.29) is 16.8 Å². The van der Waals surface area contributed by atoms with E-state index in [1.54, 1.807) is 0 Å². The van der Waals surface area contributed by atoms with Crippen LogP contribution in [0.1, 0.15) is 20.7 Å². The lowest BCUT2D eigenvalue weighted by Gasteiger charge is -2.08. The molecule has 0 atom stereocenters. The van der Waals surface area contributed by atoms with Crippen molar-refractivity contribution in [2.45, 2.75) is 0 Å². The van der Waals surface area contributed by atoms with Crippen LogP contribution >= 0.6 is 0 Å². The molecule has 24 heavy (non-hydrogen) atoms. The number of nitrogens with zero attached hydrogens (tertiary/aromatic N) is 2. The summed E-state index contributed by atoms with van der Waals surface area (Å²) in [5.74, 6) is -2.37. The van der Waals surface area contributed by atoms with Crippen LogP contribution in [-0.2, 0) is 0 Å². The largest absolute Gasteiger partial charge is 0.478 e. The Hall–Kier alpha value is -3.82. The van der Waals surface area contributed by atoms with Crippen LogP contribution in [0.4, 0.5) is 17.1 Å². The molecule has 0 bridgehead atoms. The number of nitro groups is 2. The maximum Gasteiger partial charge on any atom is 0.337 e. The Morgan fingerprint density at radius 2 is 1.62 bits per heavy atom. The predicted octanol–water partition coefficient (Wildman–Crippen LogP) is 2.45. The van der Waals surface area contributed by atoms with Crippen molar-refractivity contribution in [3.05, 3.63) is 73.8 Å². The Bertz CT molecular complexity index is 863. The summed E-state index contributed by atoms with van der Waals surface area (Å²) in [7, 11) is 0. The number of carbonyl (C=O) groups is 2. The van der Waals surface area contributed by atoms with Crippen LogP contribution in [0.2, 0.25) is 0 Å². The number of anilines is 1. The fraction of sp³-hybridized carbons (Fsp3) is 0. The number of non-ortho nitro benzene ring substituents is 1. The monoisotopic (exact) mass is 331 g/mol. The van der Waals surface area contributed by atoms with Crippen LogP contribution in [0.3, 0.4) is 0 Å². The van der Waals surface area contributed by atoms with Crippen LogP contribution in [-0.4, -0.2) is 26.8 Å². The fourth-order valence-corrected chi connectivity index (χ4v) is 1.95. The van der Waals surface area contributed by atoms with Gasteiger partial charge in [0.25, 0.3) is 17.3 Å². The number of para-hydroxylation sites is 1. The van der Waals surface area contributed by atoms with Crippen LogP contribution in [0, 0.1) is 20.2 Å². The average molecular weight is 331 g/mol. The number of carboxylic acid groups (broad SMARTS) is 1. The van der Waals surface area contributed by atoms with E-state index >= 15 is 0 Å². The smallest absolute Gasteiger partial charge is 0.337 e. The lowest BCUT2D eigenvalue weighted by atomic mass is 10.1. The second-order valence-electron chi connectivity index (χ2n) is 4.52. The van der Waals surface area contributed by atoms with Gasteiger partial charge in [-0.25, -0.2) is 4.79 Å². The molecule has 0 aromatic heterocycles. The highest BCUT2D eigenvalue weighted by Crippen LogP contribution is 2.25. The molecule has 2 aromatic rings. The maximum atomic E-state index is 12.2. The molecule has 2 aromatic carbocycles. The topological polar surface area (TPSA) is 153 Å². The standard InChI is InChI=1S/C14H9N3O7/c18-13(10-3-1-2-4-12(10)17(23)24)15-11-7-8(16(21)22)5-6-9(11)14(19)20/h1-7H,(H,15,18)(H,19,20). The summed E-state index contributed by atoms with van der Waals surface area (Å²) in [6, 6.07) is 7.87. The highest BCUT2D eigenvalue weighted by Gasteiger charge is 2.22. The van der Waals surface area contributed by atoms with Crippen molar-refractivity contribution in [3.63, 3.8) is 0 Å². The minimum Gasteiger partial charge on any atom is -0.478 e. The first kappa shape index (κ1) is 16.5. The molecule has 2 rings (SSSR count). The molecule has 0 aliphatic carbocycles. The molecule has 0 unspecified atom stereocenters. The minimum atomic E-state index is -1.41. The van der Waals surface area contributed by atoms with Crippen molar-refractivity contribution in [1.82, 2.24) is 0 Å². The van der Waals surface area contributed by atoms with E-state index in [1.165, 1.54) is 18.2 Å². The predicted molar refractivity (Wildman–Crippen MR) is 81.1 cm³/mol. The van der Waals surface area contributed by atoms with Crippen molar-refractivity contribution in [2.75, 3.05) is 5.32 Å². The second-order valence-corrected chi connectivity index (χ2v) is 4.52. The average Bonchev–Trinajstić information content (AvgIpc) is 2.54. The molecule has 122 valence electrons. The van der Waals surface area contributed by atoms with Gasteiger partial charge in [-0.2, -0.15) is 0 Å². The van der Waals surface area contributed by atoms with Crippen molar-refractivity contribution in [1.29, 1.82) is 0 Å². The summed E-state index contributed by atoms with van der Waals surface area (Å²) in [6.07, 6.45) is 0. The first-order valence-electron chi connectivity index (χ1n) is 6.37. The van der Waals surface area contributed by atoms with Crippen molar-refractivity contribution < 1.29 is 24.5 Å². The number of hydrogen-bond acceptors (Lipinski definition) is 6. The van der Waals surface area contributed by atoms with Gasteiger partial charge in [0.1, 0.15) is 5.56 Å². The summed E-state index contributed by atoms with van der Waals surface area (Å²) in [6.45, 7) is 0. The van der Waals surface area contributed by atoms with Gasteiger partial charge in [-0.3, -0.25) is 25.0 Å². The summed E-state index contributed by atoms with van der Waals surface area (Å²) >= 11 is 0. The summed E-state index contributed by atoms with van der Waals surface area (Å²) in [5.41, 5.74) is -1.92. The molecule has 0 aliphatic heterocycles. The van der Waals surface area contributed by atoms with Gasteiger partial charge in [-0.1, -0.05) is 12.1 Å². The van der Waals surface area contributed by atoms with Crippen molar-refractivity contribution in [2.24, 2.45) is 0 Å². The Balaban J connectivity index is 2.45. The third kappa shape index (κ3) is 3.32. The number of hydrogen-bond donors (Lipinski definition) is 2. The number of rotatable bonds is 5. The van der Waals surface area contributed by atoms with E-state index in [0.29, 0.717) is 0 Å². The van der Waals surface area contributed by atoms with E-state index in [2.05, 4.69) is 5.32 Å². The highest BCUT2D eigenvalue weighted by molar-refractivity contribution is 6.10. The van der Waals surface area contributed by atoms with Gasteiger partial charge in [-0.05, 0) is 12.1 Å². The third-order valence-corrected chi connectivity index (χ3v) is 3.04. The zero-order chi connectivity index (χ0) is 17.9. The molecular weight excluding hydrogens is 322 g/mol. The van der Waals surface area contributed by atoms with E-state index in [4.69, 9.17) is 5.11 Å². The zero-order valence-electron chi connectivity index (χ0n) is 11.8. The zero-order valence-corrected chi connectivity index (χ0v) is 11.8. The Labute approximate surface area is 133 Å². The van der Waals surface area contributed by atoms with Crippen LogP contribution in [0.15, 0.2) is 42.5 Å². The van der Waals surface area contributed by atoms with E-state index < -0.39 is 33.1 Å². The molecule has 0 spiro atoms. The maximum absolute atomic E-state index is 12.2. The number of benzene rings is 2. The van der Waals surface area contributed by atoms with Gasteiger partial charge in [0.15, 0.2) is 0 Å². The Morgan fingerprint density at radius 1 is 0.958 bits per heavy atom. The second kappa shape index (κ2) is 6.52. The van der Waals surface area contributed by atoms with Crippen LogP contribution < -0.4 is 5.32 Å². The molecular formula is C14H9N3O7. The van der Waals surface area contributed by atoms with Crippen molar-refractivity contribution in [3.8, 4) is 0 Å². The van der Waals surface area contributed by atoms with Crippen LogP contribution in [0.25, 0.3) is 0 Å². The number of amides is 1. The summed E-state index contributed by atoms with van der Waals surface area (Å²) < 4.78 is 0. The first-order valence-corrected chi connectivity index (χ1v) is 6.37. The normalized spacial score (nSPS) is 10.0. The van der Waals surface area contributed by atoms with Gasteiger partial charge >= 0.3 is 5.97 Å². The van der Waals surface area contributed by atoms with E-state index in [0.717, 1.165) is 24.3 Å². The number of aromatic carboxylic acids is 1. The lowest BCUT2D eigenvalue weighted by molar-refractivity contribution is -0.385. The van der Waals surface area contributed by atoms with Gasteiger partial charge in [0, 0.05) is 18.2 Å². The SMILES string of the molecule is O=C(O)c1ccc([N+](=O)[O-])cc1NC(=O)c1ccccc1[N+](=O)[O-]. The molecule has 0 fully saturated rings. The first-order chi connectivity index (χ1) is 11.3. The lowest BCUT2D eigenvalue weighted by Crippen LogP contribution is -2.16. The number of carbonyl (C=O) groups excluding carboxylic acids is 1. The number of nitro benzene ring substituents is 2. The minimum absolute atomic E-state index is 0.301. The third-order valence-electron chi connectivity index (χ3n) is 3.04. The molecule has 10 nitrogen and oxygen atoms in total. The van der Waals surface area contributed by atoms with Gasteiger partial charge in [0.05, 0.1) is 21.1 Å². The molecule has 10 heteroatoms. The number of carboxylic acids is 1. The van der Waals surface area contributed by atoms with Gasteiger partial charge in [-0.15, -0.1) is 0 Å².